The number of hydrogen-bond donors (Lipinski definition) is 1. The lowest BCUT2D eigenvalue weighted by atomic mass is 10.2. The zero-order chi connectivity index (χ0) is 11.1. The number of nitrogens with two attached hydrogens (primary N) is 1. The highest BCUT2D eigenvalue weighted by atomic mass is 16.6. The lowest BCUT2D eigenvalue weighted by Crippen LogP contribution is -2.35. The molecule has 0 aromatic heterocycles. The van der Waals surface area contributed by atoms with Crippen LogP contribution >= 0.6 is 0 Å². The highest BCUT2D eigenvalue weighted by molar-refractivity contribution is 4.83. The van der Waals surface area contributed by atoms with E-state index in [9.17, 15) is 0 Å². The zero-order valence-electron chi connectivity index (χ0n) is 9.48. The summed E-state index contributed by atoms with van der Waals surface area (Å²) in [6.07, 6.45) is 1.11. The minimum Gasteiger partial charge on any atom is -0.373 e. The molecule has 0 spiro atoms. The van der Waals surface area contributed by atoms with Crippen molar-refractivity contribution in [2.75, 3.05) is 26.4 Å². The standard InChI is InChI=1S/C10H21NO4/c1-3-4-12-9-7-14-8(2)10(9)13-5-6-15-11/h8-10H,3-7,11H2,1-2H3. The van der Waals surface area contributed by atoms with E-state index in [0.29, 0.717) is 19.8 Å². The fourth-order valence-corrected chi connectivity index (χ4v) is 1.63. The van der Waals surface area contributed by atoms with Crippen LogP contribution < -0.4 is 5.90 Å². The molecule has 5 nitrogen and oxygen atoms in total. The molecule has 5 heteroatoms. The van der Waals surface area contributed by atoms with Gasteiger partial charge in [-0.05, 0) is 13.3 Å². The molecule has 1 aliphatic heterocycles. The van der Waals surface area contributed by atoms with Crippen LogP contribution in [0.5, 0.6) is 0 Å². The Balaban J connectivity index is 2.28. The Hall–Kier alpha value is -0.200. The molecule has 0 aromatic carbocycles. The quantitative estimate of drug-likeness (QED) is 0.498. The summed E-state index contributed by atoms with van der Waals surface area (Å²) in [6.45, 7) is 6.29. The Morgan fingerprint density at radius 2 is 2.07 bits per heavy atom. The first-order chi connectivity index (χ1) is 7.29. The fraction of sp³-hybridized carbons (Fsp3) is 1.00. The fourth-order valence-electron chi connectivity index (χ4n) is 1.63. The van der Waals surface area contributed by atoms with Gasteiger partial charge in [0.25, 0.3) is 0 Å². The van der Waals surface area contributed by atoms with Crippen molar-refractivity contribution in [1.29, 1.82) is 0 Å². The van der Waals surface area contributed by atoms with E-state index in [1.165, 1.54) is 0 Å². The van der Waals surface area contributed by atoms with E-state index < -0.39 is 0 Å². The predicted molar refractivity (Wildman–Crippen MR) is 55.3 cm³/mol. The van der Waals surface area contributed by atoms with Crippen LogP contribution in [0.3, 0.4) is 0 Å². The summed E-state index contributed by atoms with van der Waals surface area (Å²) in [7, 11) is 0. The second kappa shape index (κ2) is 7.14. The van der Waals surface area contributed by atoms with Gasteiger partial charge in [-0.15, -0.1) is 0 Å². The van der Waals surface area contributed by atoms with Gasteiger partial charge in [-0.3, -0.25) is 0 Å². The third-order valence-electron chi connectivity index (χ3n) is 2.40. The molecule has 3 atom stereocenters. The van der Waals surface area contributed by atoms with Crippen molar-refractivity contribution < 1.29 is 19.0 Å². The van der Waals surface area contributed by atoms with Crippen LogP contribution in [0.25, 0.3) is 0 Å². The van der Waals surface area contributed by atoms with Gasteiger partial charge >= 0.3 is 0 Å². The summed E-state index contributed by atoms with van der Waals surface area (Å²) in [5.74, 6) is 4.92. The zero-order valence-corrected chi connectivity index (χ0v) is 9.48. The van der Waals surface area contributed by atoms with Gasteiger partial charge in [0.05, 0.1) is 25.9 Å². The normalized spacial score (nSPS) is 31.0. The van der Waals surface area contributed by atoms with Crippen molar-refractivity contribution in [3.63, 3.8) is 0 Å². The Morgan fingerprint density at radius 3 is 2.73 bits per heavy atom. The molecule has 0 saturated carbocycles. The molecule has 1 rings (SSSR count). The van der Waals surface area contributed by atoms with E-state index in [4.69, 9.17) is 20.1 Å². The summed E-state index contributed by atoms with van der Waals surface area (Å²) in [5.41, 5.74) is 0. The van der Waals surface area contributed by atoms with Gasteiger partial charge in [-0.1, -0.05) is 6.92 Å². The summed E-state index contributed by atoms with van der Waals surface area (Å²) in [4.78, 5) is 4.45. The second-order valence-electron chi connectivity index (χ2n) is 3.65. The molecule has 1 heterocycles. The van der Waals surface area contributed by atoms with Crippen molar-refractivity contribution in [2.45, 2.75) is 38.6 Å². The third-order valence-corrected chi connectivity index (χ3v) is 2.40. The maximum atomic E-state index is 5.64. The first-order valence-corrected chi connectivity index (χ1v) is 5.46. The van der Waals surface area contributed by atoms with E-state index in [2.05, 4.69) is 11.8 Å². The van der Waals surface area contributed by atoms with Crippen LogP contribution in [0.4, 0.5) is 0 Å². The minimum absolute atomic E-state index is 0.00769. The van der Waals surface area contributed by atoms with E-state index >= 15 is 0 Å². The number of hydrogen-bond acceptors (Lipinski definition) is 5. The summed E-state index contributed by atoms with van der Waals surface area (Å²) < 4.78 is 16.7. The van der Waals surface area contributed by atoms with E-state index in [-0.39, 0.29) is 18.3 Å². The van der Waals surface area contributed by atoms with Crippen molar-refractivity contribution >= 4 is 0 Å². The van der Waals surface area contributed by atoms with Crippen molar-refractivity contribution in [3.8, 4) is 0 Å². The van der Waals surface area contributed by atoms with Gasteiger partial charge in [-0.2, -0.15) is 0 Å². The molecule has 2 N–H and O–H groups in total. The van der Waals surface area contributed by atoms with E-state index in [0.717, 1.165) is 13.0 Å². The molecule has 90 valence electrons. The molecule has 0 radical (unpaired) electrons. The molecule has 0 aromatic rings. The molecule has 1 fully saturated rings. The van der Waals surface area contributed by atoms with E-state index in [1.807, 2.05) is 6.92 Å². The van der Waals surface area contributed by atoms with Crippen LogP contribution in [0.15, 0.2) is 0 Å². The van der Waals surface area contributed by atoms with Gasteiger partial charge < -0.3 is 19.0 Å². The number of rotatable bonds is 7. The molecule has 1 aliphatic rings. The molecule has 0 bridgehead atoms. The topological polar surface area (TPSA) is 62.9 Å². The smallest absolute Gasteiger partial charge is 0.112 e. The molecule has 3 unspecified atom stereocenters. The van der Waals surface area contributed by atoms with Crippen LogP contribution in [0, 0.1) is 0 Å². The Labute approximate surface area is 90.8 Å². The molecular formula is C10H21NO4. The highest BCUT2D eigenvalue weighted by Gasteiger charge is 2.35. The first-order valence-electron chi connectivity index (χ1n) is 5.46. The maximum Gasteiger partial charge on any atom is 0.112 e. The van der Waals surface area contributed by atoms with Crippen molar-refractivity contribution in [1.82, 2.24) is 0 Å². The summed E-state index contributed by atoms with van der Waals surface area (Å²) in [5, 5.41) is 0. The van der Waals surface area contributed by atoms with E-state index in [1.54, 1.807) is 0 Å². The molecular weight excluding hydrogens is 198 g/mol. The van der Waals surface area contributed by atoms with Gasteiger partial charge in [0.1, 0.15) is 12.2 Å². The summed E-state index contributed by atoms with van der Waals surface area (Å²) in [6, 6.07) is 0. The van der Waals surface area contributed by atoms with Crippen molar-refractivity contribution in [3.05, 3.63) is 0 Å². The molecule has 15 heavy (non-hydrogen) atoms. The first kappa shape index (κ1) is 12.9. The number of ether oxygens (including phenoxy) is 3. The molecule has 0 amide bonds. The Bertz CT molecular complexity index is 168. The largest absolute Gasteiger partial charge is 0.373 e. The van der Waals surface area contributed by atoms with Gasteiger partial charge in [0.15, 0.2) is 0 Å². The highest BCUT2D eigenvalue weighted by Crippen LogP contribution is 2.20. The monoisotopic (exact) mass is 219 g/mol. The van der Waals surface area contributed by atoms with Crippen LogP contribution in [0.1, 0.15) is 20.3 Å². The van der Waals surface area contributed by atoms with Crippen molar-refractivity contribution in [2.24, 2.45) is 5.90 Å². The summed E-state index contributed by atoms with van der Waals surface area (Å²) >= 11 is 0. The molecule has 1 saturated heterocycles. The van der Waals surface area contributed by atoms with Crippen LogP contribution in [-0.2, 0) is 19.0 Å². The maximum absolute atomic E-state index is 5.64. The SMILES string of the molecule is CCCOC1COC(C)C1OCCON. The lowest BCUT2D eigenvalue weighted by molar-refractivity contribution is -0.0727. The van der Waals surface area contributed by atoms with Gasteiger partial charge in [0, 0.05) is 6.61 Å². The Morgan fingerprint density at radius 1 is 1.27 bits per heavy atom. The minimum atomic E-state index is -0.00769. The predicted octanol–water partition coefficient (Wildman–Crippen LogP) is 0.476. The van der Waals surface area contributed by atoms with Crippen LogP contribution in [0.2, 0.25) is 0 Å². The molecule has 0 aliphatic carbocycles. The van der Waals surface area contributed by atoms with Gasteiger partial charge in [0.2, 0.25) is 0 Å². The average Bonchev–Trinajstić information content (AvgIpc) is 2.58. The Kier molecular flexibility index (Phi) is 6.12. The van der Waals surface area contributed by atoms with Crippen LogP contribution in [-0.4, -0.2) is 44.7 Å². The van der Waals surface area contributed by atoms with Gasteiger partial charge in [-0.25, -0.2) is 5.90 Å². The third kappa shape index (κ3) is 4.04. The second-order valence-corrected chi connectivity index (χ2v) is 3.65. The lowest BCUT2D eigenvalue weighted by Gasteiger charge is -2.21. The average molecular weight is 219 g/mol.